The lowest BCUT2D eigenvalue weighted by atomic mass is 9.92. The van der Waals surface area contributed by atoms with Crippen molar-refractivity contribution in [2.24, 2.45) is 17.8 Å². The molecule has 2 aromatic heterocycles. The van der Waals surface area contributed by atoms with E-state index in [1.165, 1.54) is 14.2 Å². The number of carbonyl (C=O) groups is 4. The topological polar surface area (TPSA) is 184 Å². The van der Waals surface area contributed by atoms with Crippen LogP contribution in [0.4, 0.5) is 9.59 Å². The van der Waals surface area contributed by atoms with Crippen molar-refractivity contribution in [3.8, 4) is 28.1 Å². The fourth-order valence-corrected chi connectivity index (χ4v) is 9.20. The molecular formula is C45H54N8O7. The van der Waals surface area contributed by atoms with E-state index in [2.05, 4.69) is 63.9 Å². The van der Waals surface area contributed by atoms with Gasteiger partial charge < -0.3 is 44.6 Å². The van der Waals surface area contributed by atoms with Crippen LogP contribution in [0.15, 0.2) is 48.7 Å². The van der Waals surface area contributed by atoms with Crippen LogP contribution in [-0.4, -0.2) is 92.6 Å². The zero-order valence-electron chi connectivity index (χ0n) is 35.4. The number of hydrogen-bond acceptors (Lipinski definition) is 9. The molecule has 2 fully saturated rings. The molecule has 0 unspecified atom stereocenters. The largest absolute Gasteiger partial charge is 0.488 e. The molecule has 0 radical (unpaired) electrons. The van der Waals surface area contributed by atoms with Crippen molar-refractivity contribution in [2.75, 3.05) is 20.8 Å². The van der Waals surface area contributed by atoms with Crippen LogP contribution in [0.3, 0.4) is 0 Å². The summed E-state index contributed by atoms with van der Waals surface area (Å²) in [5.74, 6) is 1.89. The van der Waals surface area contributed by atoms with E-state index in [9.17, 15) is 19.2 Å². The molecule has 5 heterocycles. The molecule has 3 aliphatic rings. The SMILES string of the molecule is COC(=O)N[C@H](C(=O)N1C[C@@H](C)C[C@H]1c1nc2ccc3cc4c(cc3c2[nH]1)OCc1cc(-c2cnc([C@@H]3CC[C@H](C)N3C(=O)[C@@H](NC(=O)OC)C(C)C)[nH]2)ccc1-4)C(C)C. The van der Waals surface area contributed by atoms with Gasteiger partial charge in [-0.05, 0) is 90.3 Å². The van der Waals surface area contributed by atoms with E-state index in [0.29, 0.717) is 24.8 Å². The molecule has 5 aromatic rings. The summed E-state index contributed by atoms with van der Waals surface area (Å²) in [7, 11) is 2.59. The highest BCUT2D eigenvalue weighted by molar-refractivity contribution is 6.07. The van der Waals surface area contributed by atoms with Gasteiger partial charge in [-0.3, -0.25) is 9.59 Å². The molecule has 4 amide bonds. The van der Waals surface area contributed by atoms with Crippen LogP contribution in [0, 0.1) is 17.8 Å². The Kier molecular flexibility index (Phi) is 10.9. The van der Waals surface area contributed by atoms with Gasteiger partial charge in [0.1, 0.15) is 36.1 Å². The molecule has 6 atom stereocenters. The molecule has 316 valence electrons. The van der Waals surface area contributed by atoms with E-state index in [1.807, 2.05) is 56.7 Å². The third-order valence-electron chi connectivity index (χ3n) is 12.4. The van der Waals surface area contributed by atoms with Crippen LogP contribution in [0.1, 0.15) is 90.1 Å². The smallest absolute Gasteiger partial charge is 0.407 e. The summed E-state index contributed by atoms with van der Waals surface area (Å²) in [6.45, 7) is 12.7. The number of benzene rings is 3. The highest BCUT2D eigenvalue weighted by Gasteiger charge is 2.42. The van der Waals surface area contributed by atoms with Crippen molar-refractivity contribution in [3.05, 3.63) is 65.9 Å². The number of H-pyrrole nitrogens is 2. The maximum Gasteiger partial charge on any atom is 0.407 e. The van der Waals surface area contributed by atoms with Gasteiger partial charge in [-0.2, -0.15) is 0 Å². The summed E-state index contributed by atoms with van der Waals surface area (Å²) < 4.78 is 16.1. The number of aromatic nitrogens is 4. The molecule has 60 heavy (non-hydrogen) atoms. The number of likely N-dealkylation sites (tertiary alicyclic amines) is 2. The highest BCUT2D eigenvalue weighted by atomic mass is 16.5. The van der Waals surface area contributed by atoms with Gasteiger partial charge in [0, 0.05) is 23.5 Å². The molecule has 4 N–H and O–H groups in total. The first-order valence-electron chi connectivity index (χ1n) is 20.9. The minimum atomic E-state index is -0.721. The number of fused-ring (bicyclic) bond motifs is 6. The Labute approximate surface area is 348 Å². The number of amides is 4. The number of hydrogen-bond donors (Lipinski definition) is 4. The Morgan fingerprint density at radius 3 is 2.25 bits per heavy atom. The van der Waals surface area contributed by atoms with Crippen LogP contribution in [0.25, 0.3) is 44.2 Å². The average molecular weight is 819 g/mol. The van der Waals surface area contributed by atoms with E-state index >= 15 is 0 Å². The molecule has 2 saturated heterocycles. The van der Waals surface area contributed by atoms with Crippen LogP contribution in [0.2, 0.25) is 0 Å². The first-order chi connectivity index (χ1) is 28.8. The zero-order chi connectivity index (χ0) is 42.6. The number of imidazole rings is 2. The van der Waals surface area contributed by atoms with Gasteiger partial charge >= 0.3 is 12.2 Å². The number of carbonyl (C=O) groups excluding carboxylic acids is 4. The van der Waals surface area contributed by atoms with Gasteiger partial charge in [-0.1, -0.05) is 52.8 Å². The Morgan fingerprint density at radius 1 is 0.833 bits per heavy atom. The van der Waals surface area contributed by atoms with Crippen molar-refractivity contribution in [2.45, 2.75) is 97.6 Å². The quantitative estimate of drug-likeness (QED) is 0.118. The normalized spacial score (nSPS) is 20.8. The summed E-state index contributed by atoms with van der Waals surface area (Å²) >= 11 is 0. The summed E-state index contributed by atoms with van der Waals surface area (Å²) in [5, 5.41) is 7.45. The summed E-state index contributed by atoms with van der Waals surface area (Å²) in [6, 6.07) is 12.6. The van der Waals surface area contributed by atoms with E-state index in [1.54, 1.807) is 0 Å². The van der Waals surface area contributed by atoms with Gasteiger partial charge in [0.25, 0.3) is 0 Å². The van der Waals surface area contributed by atoms with Gasteiger partial charge in [-0.15, -0.1) is 0 Å². The van der Waals surface area contributed by atoms with Gasteiger partial charge in [0.05, 0.1) is 49.2 Å². The Bertz CT molecular complexity index is 2470. The van der Waals surface area contributed by atoms with Crippen LogP contribution in [-0.2, 0) is 25.7 Å². The third kappa shape index (κ3) is 7.38. The van der Waals surface area contributed by atoms with Crippen molar-refractivity contribution in [1.82, 2.24) is 40.4 Å². The fraction of sp³-hybridized carbons (Fsp3) is 0.467. The highest BCUT2D eigenvalue weighted by Crippen LogP contribution is 2.44. The van der Waals surface area contributed by atoms with Crippen LogP contribution in [0.5, 0.6) is 5.75 Å². The number of alkyl carbamates (subject to hydrolysis) is 2. The lowest BCUT2D eigenvalue weighted by molar-refractivity contribution is -0.137. The fourth-order valence-electron chi connectivity index (χ4n) is 9.20. The monoisotopic (exact) mass is 818 g/mol. The second kappa shape index (κ2) is 16.1. The first kappa shape index (κ1) is 40.7. The van der Waals surface area contributed by atoms with Crippen molar-refractivity contribution >= 4 is 45.8 Å². The van der Waals surface area contributed by atoms with Crippen LogP contribution >= 0.6 is 0 Å². The predicted molar refractivity (Wildman–Crippen MR) is 226 cm³/mol. The molecular weight excluding hydrogens is 765 g/mol. The van der Waals surface area contributed by atoms with Gasteiger partial charge in [0.2, 0.25) is 11.8 Å². The van der Waals surface area contributed by atoms with Crippen LogP contribution < -0.4 is 15.4 Å². The lowest BCUT2D eigenvalue weighted by Gasteiger charge is -2.32. The van der Waals surface area contributed by atoms with E-state index in [-0.39, 0.29) is 47.7 Å². The number of nitrogens with one attached hydrogen (secondary N) is 4. The molecule has 0 saturated carbocycles. The second-order valence-corrected chi connectivity index (χ2v) is 17.2. The number of methoxy groups -OCH3 is 2. The molecule has 15 nitrogen and oxygen atoms in total. The van der Waals surface area contributed by atoms with Crippen molar-refractivity contribution < 1.29 is 33.4 Å². The molecule has 0 bridgehead atoms. The summed E-state index contributed by atoms with van der Waals surface area (Å²) in [4.78, 5) is 72.5. The minimum absolute atomic E-state index is 0.0156. The number of rotatable bonds is 9. The Hall–Kier alpha value is -6.12. The van der Waals surface area contributed by atoms with Crippen molar-refractivity contribution in [3.63, 3.8) is 0 Å². The first-order valence-corrected chi connectivity index (χ1v) is 20.9. The van der Waals surface area contributed by atoms with Gasteiger partial charge in [-0.25, -0.2) is 19.6 Å². The Balaban J connectivity index is 1.05. The second-order valence-electron chi connectivity index (χ2n) is 17.2. The lowest BCUT2D eigenvalue weighted by Crippen LogP contribution is -2.52. The predicted octanol–water partition coefficient (Wildman–Crippen LogP) is 7.39. The molecule has 0 aliphatic carbocycles. The number of aromatic amines is 2. The van der Waals surface area contributed by atoms with E-state index < -0.39 is 24.3 Å². The minimum Gasteiger partial charge on any atom is -0.488 e. The standard InChI is InChI=1S/C45H54N8O7/c1-22(2)37(50-44(56)58-7)42(54)52-20-24(5)15-35(52)41-47-32-13-11-26-17-31-29-12-10-27(16-28(29)21-60-36(31)18-30(26)39(32)49-41)33-19-46-40(48-33)34-14-9-25(6)53(34)43(55)38(23(3)4)51-45(57)59-8/h10-13,16-19,22-25,34-35,37-38H,9,14-15,20-21H2,1-8H3,(H,46,48)(H,47,49)(H,50,56)(H,51,57)/t24-,25-,34-,35-,37-,38-/m0/s1. The molecule has 0 spiro atoms. The molecule has 3 aliphatic heterocycles. The maximum absolute atomic E-state index is 13.9. The summed E-state index contributed by atoms with van der Waals surface area (Å²) in [6.07, 6.45) is 2.87. The zero-order valence-corrected chi connectivity index (χ0v) is 35.4. The molecule has 15 heteroatoms. The number of nitrogens with zero attached hydrogens (tertiary/aromatic N) is 4. The van der Waals surface area contributed by atoms with Gasteiger partial charge in [0.15, 0.2) is 0 Å². The van der Waals surface area contributed by atoms with E-state index in [4.69, 9.17) is 24.2 Å². The average Bonchev–Trinajstić information content (AvgIpc) is 4.05. The third-order valence-corrected chi connectivity index (χ3v) is 12.4. The van der Waals surface area contributed by atoms with Crippen molar-refractivity contribution in [1.29, 1.82) is 0 Å². The molecule has 8 rings (SSSR count). The Morgan fingerprint density at radius 2 is 1.55 bits per heavy atom. The summed E-state index contributed by atoms with van der Waals surface area (Å²) in [5.41, 5.74) is 6.59. The van der Waals surface area contributed by atoms with E-state index in [0.717, 1.165) is 74.8 Å². The maximum atomic E-state index is 13.9. The molecule has 3 aromatic carbocycles. The number of ether oxygens (including phenoxy) is 3.